The normalized spacial score (nSPS) is 13.2. The first kappa shape index (κ1) is 35.8. The van der Waals surface area contributed by atoms with Gasteiger partial charge in [0.25, 0.3) is 0 Å². The predicted molar refractivity (Wildman–Crippen MR) is 197 cm³/mol. The second-order valence-electron chi connectivity index (χ2n) is 13.4. The van der Waals surface area contributed by atoms with Crippen molar-refractivity contribution in [3.8, 4) is 33.6 Å². The Bertz CT molecular complexity index is 1880. The lowest BCUT2D eigenvalue weighted by atomic mass is 9.87. The lowest BCUT2D eigenvalue weighted by molar-refractivity contribution is -0.131. The standard InChI is InChI=1S/C39H50N8O4/c1-5-17-46(37(48)21-40-3)23-35-41-19-33(44-35)31-15-13-29(25-9-7-11-27(25)31)30-14-16-32(28-12-8-10-26(28)30)34-20-42-36(45-34)24-47(18-6-2)38(49)22-43-39(50)51-4/h13-16,19-20,40H,5-12,17-18,21-24H2,1-4H3,(H,41,44)(H,42,45)(H,43,50). The van der Waals surface area contributed by atoms with Gasteiger partial charge in [0.2, 0.25) is 11.8 Å². The van der Waals surface area contributed by atoms with Gasteiger partial charge >= 0.3 is 6.09 Å². The van der Waals surface area contributed by atoms with Crippen molar-refractivity contribution in [3.05, 3.63) is 70.6 Å². The molecule has 51 heavy (non-hydrogen) atoms. The molecule has 0 bridgehead atoms. The van der Waals surface area contributed by atoms with Crippen molar-refractivity contribution in [1.82, 2.24) is 40.4 Å². The number of amides is 3. The van der Waals surface area contributed by atoms with Gasteiger partial charge in [-0.3, -0.25) is 9.59 Å². The van der Waals surface area contributed by atoms with Crippen LogP contribution < -0.4 is 10.6 Å². The van der Waals surface area contributed by atoms with Crippen LogP contribution in [0.2, 0.25) is 0 Å². The van der Waals surface area contributed by atoms with Crippen LogP contribution in [0.1, 0.15) is 73.4 Å². The number of hydrogen-bond donors (Lipinski definition) is 4. The van der Waals surface area contributed by atoms with Crippen LogP contribution in [-0.4, -0.2) is 88.0 Å². The minimum atomic E-state index is -0.630. The van der Waals surface area contributed by atoms with Crippen LogP contribution in [0.25, 0.3) is 33.6 Å². The summed E-state index contributed by atoms with van der Waals surface area (Å²) in [5, 5.41) is 5.45. The first-order chi connectivity index (χ1) is 24.8. The first-order valence-electron chi connectivity index (χ1n) is 18.2. The fourth-order valence-electron chi connectivity index (χ4n) is 7.66. The third-order valence-electron chi connectivity index (χ3n) is 9.97. The summed E-state index contributed by atoms with van der Waals surface area (Å²) in [6.45, 7) is 6.34. The third kappa shape index (κ3) is 7.85. The molecule has 0 unspecified atom stereocenters. The number of carbonyl (C=O) groups excluding carboxylic acids is 3. The minimum absolute atomic E-state index is 0.0750. The zero-order valence-electron chi connectivity index (χ0n) is 30.3. The van der Waals surface area contributed by atoms with Crippen molar-refractivity contribution < 1.29 is 19.1 Å². The van der Waals surface area contributed by atoms with E-state index in [1.807, 2.05) is 24.2 Å². The van der Waals surface area contributed by atoms with E-state index < -0.39 is 6.09 Å². The summed E-state index contributed by atoms with van der Waals surface area (Å²) in [6, 6.07) is 9.03. The molecule has 6 rings (SSSR count). The Morgan fingerprint density at radius 2 is 1.14 bits per heavy atom. The topological polar surface area (TPSA) is 148 Å². The molecule has 2 aromatic heterocycles. The molecule has 2 aliphatic rings. The molecule has 2 heterocycles. The number of carbonyl (C=O) groups is 3. The largest absolute Gasteiger partial charge is 0.453 e. The van der Waals surface area contributed by atoms with E-state index in [9.17, 15) is 14.4 Å². The van der Waals surface area contributed by atoms with Crippen molar-refractivity contribution in [1.29, 1.82) is 0 Å². The molecule has 270 valence electrons. The molecule has 0 atom stereocenters. The van der Waals surface area contributed by atoms with Gasteiger partial charge in [0.05, 0.1) is 50.5 Å². The highest BCUT2D eigenvalue weighted by Gasteiger charge is 2.26. The summed E-state index contributed by atoms with van der Waals surface area (Å²) in [5.74, 6) is 1.39. The molecular formula is C39H50N8O4. The van der Waals surface area contributed by atoms with Crippen LogP contribution in [0.5, 0.6) is 0 Å². The van der Waals surface area contributed by atoms with E-state index in [-0.39, 0.29) is 18.4 Å². The van der Waals surface area contributed by atoms with Gasteiger partial charge in [-0.2, -0.15) is 0 Å². The highest BCUT2D eigenvalue weighted by Crippen LogP contribution is 2.43. The second kappa shape index (κ2) is 16.4. The number of hydrogen-bond acceptors (Lipinski definition) is 7. The number of aromatic nitrogens is 4. The number of ether oxygens (including phenoxy) is 1. The third-order valence-corrected chi connectivity index (χ3v) is 9.97. The number of fused-ring (bicyclic) bond motifs is 2. The number of nitrogens with one attached hydrogen (secondary N) is 4. The van der Waals surface area contributed by atoms with E-state index in [4.69, 9.17) is 0 Å². The molecule has 4 N–H and O–H groups in total. The predicted octanol–water partition coefficient (Wildman–Crippen LogP) is 5.16. The Hall–Kier alpha value is -4.97. The molecule has 0 saturated heterocycles. The fourth-order valence-corrected chi connectivity index (χ4v) is 7.66. The molecule has 4 aromatic rings. The first-order valence-corrected chi connectivity index (χ1v) is 18.2. The van der Waals surface area contributed by atoms with Crippen LogP contribution in [0.15, 0.2) is 36.7 Å². The average molecular weight is 695 g/mol. The lowest BCUT2D eigenvalue weighted by Crippen LogP contribution is -2.40. The van der Waals surface area contributed by atoms with Gasteiger partial charge in [-0.1, -0.05) is 38.1 Å². The average Bonchev–Trinajstić information content (AvgIpc) is 3.97. The maximum Gasteiger partial charge on any atom is 0.407 e. The van der Waals surface area contributed by atoms with E-state index in [0.717, 1.165) is 74.1 Å². The highest BCUT2D eigenvalue weighted by atomic mass is 16.5. The Morgan fingerprint density at radius 1 is 0.706 bits per heavy atom. The fraction of sp³-hybridized carbons (Fsp3) is 0.462. The van der Waals surface area contributed by atoms with Crippen LogP contribution in [0.3, 0.4) is 0 Å². The molecule has 12 nitrogen and oxygen atoms in total. The summed E-state index contributed by atoms with van der Waals surface area (Å²) in [7, 11) is 3.07. The lowest BCUT2D eigenvalue weighted by Gasteiger charge is -2.21. The Labute approximate surface area is 299 Å². The van der Waals surface area contributed by atoms with Crippen LogP contribution in [-0.2, 0) is 53.1 Å². The van der Waals surface area contributed by atoms with E-state index >= 15 is 0 Å². The summed E-state index contributed by atoms with van der Waals surface area (Å²) in [4.78, 5) is 56.9. The molecule has 0 fully saturated rings. The number of nitrogens with zero attached hydrogens (tertiary/aromatic N) is 4. The molecule has 12 heteroatoms. The van der Waals surface area contributed by atoms with E-state index in [2.05, 4.69) is 66.5 Å². The van der Waals surface area contributed by atoms with Crippen molar-refractivity contribution in [2.45, 2.75) is 78.3 Å². The summed E-state index contributed by atoms with van der Waals surface area (Å²) >= 11 is 0. The van der Waals surface area contributed by atoms with Crippen molar-refractivity contribution in [2.24, 2.45) is 0 Å². The monoisotopic (exact) mass is 694 g/mol. The van der Waals surface area contributed by atoms with Gasteiger partial charge in [-0.05, 0) is 91.8 Å². The van der Waals surface area contributed by atoms with Crippen LogP contribution in [0, 0.1) is 0 Å². The van der Waals surface area contributed by atoms with Gasteiger partial charge < -0.3 is 35.1 Å². The molecule has 2 aliphatic carbocycles. The number of imidazole rings is 2. The molecule has 0 aliphatic heterocycles. The molecule has 3 amide bonds. The quantitative estimate of drug-likeness (QED) is 0.134. The number of likely N-dealkylation sites (N-methyl/N-ethyl adjacent to an activating group) is 1. The Kier molecular flexibility index (Phi) is 11.5. The van der Waals surface area contributed by atoms with Crippen LogP contribution >= 0.6 is 0 Å². The van der Waals surface area contributed by atoms with Gasteiger partial charge in [-0.15, -0.1) is 0 Å². The highest BCUT2D eigenvalue weighted by molar-refractivity contribution is 5.83. The minimum Gasteiger partial charge on any atom is -0.453 e. The molecular weight excluding hydrogens is 644 g/mol. The smallest absolute Gasteiger partial charge is 0.407 e. The zero-order chi connectivity index (χ0) is 35.9. The number of alkyl carbamates (subject to hydrolysis) is 1. The Morgan fingerprint density at radius 3 is 1.57 bits per heavy atom. The molecule has 0 radical (unpaired) electrons. The SMILES string of the molecule is CCCN(Cc1ncc(-c2ccc(-c3ccc(-c4cnc(CN(CCC)C(=O)CNC(=O)OC)[nH]4)c4c3CCC4)c3c2CCC3)[nH]1)C(=O)CNC. The number of methoxy groups -OCH3 is 1. The number of H-pyrrole nitrogens is 2. The summed E-state index contributed by atoms with van der Waals surface area (Å²) < 4.78 is 4.60. The van der Waals surface area contributed by atoms with Gasteiger partial charge in [0.15, 0.2) is 0 Å². The van der Waals surface area contributed by atoms with Crippen molar-refractivity contribution in [3.63, 3.8) is 0 Å². The second-order valence-corrected chi connectivity index (χ2v) is 13.4. The maximum absolute atomic E-state index is 12.8. The van der Waals surface area contributed by atoms with Gasteiger partial charge in [0.1, 0.15) is 18.2 Å². The summed E-state index contributed by atoms with van der Waals surface area (Å²) in [6.07, 6.45) is 11.2. The van der Waals surface area contributed by atoms with E-state index in [1.165, 1.54) is 46.1 Å². The molecule has 0 saturated carbocycles. The molecule has 2 aromatic carbocycles. The molecule has 0 spiro atoms. The maximum atomic E-state index is 12.8. The van der Waals surface area contributed by atoms with Crippen LogP contribution in [0.4, 0.5) is 4.79 Å². The Balaban J connectivity index is 1.23. The van der Waals surface area contributed by atoms with Crippen molar-refractivity contribution in [2.75, 3.05) is 40.3 Å². The van der Waals surface area contributed by atoms with Gasteiger partial charge in [-0.25, -0.2) is 14.8 Å². The van der Waals surface area contributed by atoms with Crippen molar-refractivity contribution >= 4 is 17.9 Å². The number of aromatic amines is 2. The summed E-state index contributed by atoms with van der Waals surface area (Å²) in [5.41, 5.74) is 12.5. The number of benzene rings is 2. The zero-order valence-corrected chi connectivity index (χ0v) is 30.3. The number of rotatable bonds is 15. The van der Waals surface area contributed by atoms with Gasteiger partial charge in [0, 0.05) is 24.2 Å². The van der Waals surface area contributed by atoms with E-state index in [1.54, 1.807) is 11.9 Å². The van der Waals surface area contributed by atoms with E-state index in [0.29, 0.717) is 38.5 Å².